The van der Waals surface area contributed by atoms with Crippen molar-refractivity contribution in [2.45, 2.75) is 6.92 Å². The van der Waals surface area contributed by atoms with Crippen molar-refractivity contribution < 1.29 is 9.53 Å². The number of rotatable bonds is 2. The van der Waals surface area contributed by atoms with Crippen LogP contribution in [0.15, 0.2) is 22.7 Å². The summed E-state index contributed by atoms with van der Waals surface area (Å²) in [5, 5.41) is 1.37. The third-order valence-electron chi connectivity index (χ3n) is 2.29. The zero-order valence-corrected chi connectivity index (χ0v) is 12.8. The summed E-state index contributed by atoms with van der Waals surface area (Å²) in [4.78, 5) is 16.6. The lowest BCUT2D eigenvalue weighted by Gasteiger charge is -2.04. The summed E-state index contributed by atoms with van der Waals surface area (Å²) < 4.78 is 5.62. The Morgan fingerprint density at radius 1 is 1.50 bits per heavy atom. The molecule has 1 heterocycles. The minimum atomic E-state index is -0.453. The van der Waals surface area contributed by atoms with E-state index in [4.69, 9.17) is 16.3 Å². The maximum Gasteiger partial charge on any atom is 0.358 e. The average molecular weight is 347 g/mol. The summed E-state index contributed by atoms with van der Waals surface area (Å²) >= 11 is 11.0. The number of hydrogen-bond donors (Lipinski definition) is 0. The number of carbonyl (C=O) groups is 1. The molecule has 0 amide bonds. The normalized spacial score (nSPS) is 10.4. The molecule has 0 spiro atoms. The van der Waals surface area contributed by atoms with E-state index in [9.17, 15) is 4.79 Å². The SMILES string of the molecule is COC(=O)c1nc(C)sc1-c1cc(Br)ccc1Cl. The van der Waals surface area contributed by atoms with Gasteiger partial charge in [-0.1, -0.05) is 27.5 Å². The number of hydrogen-bond acceptors (Lipinski definition) is 4. The molecule has 1 aromatic heterocycles. The summed E-state index contributed by atoms with van der Waals surface area (Å²) in [5.74, 6) is -0.453. The van der Waals surface area contributed by atoms with Gasteiger partial charge in [0.2, 0.25) is 0 Å². The van der Waals surface area contributed by atoms with Crippen LogP contribution in [-0.4, -0.2) is 18.1 Å². The van der Waals surface area contributed by atoms with Gasteiger partial charge in [-0.3, -0.25) is 0 Å². The number of halogens is 2. The Labute approximate surface area is 122 Å². The highest BCUT2D eigenvalue weighted by Gasteiger charge is 2.20. The molecular formula is C12H9BrClNO2S. The van der Waals surface area contributed by atoms with Crippen LogP contribution in [0.25, 0.3) is 10.4 Å². The lowest BCUT2D eigenvalue weighted by atomic mass is 10.1. The minimum absolute atomic E-state index is 0.306. The van der Waals surface area contributed by atoms with Crippen molar-refractivity contribution in [1.29, 1.82) is 0 Å². The number of aromatic nitrogens is 1. The molecule has 0 radical (unpaired) electrons. The molecule has 18 heavy (non-hydrogen) atoms. The number of esters is 1. The van der Waals surface area contributed by atoms with Crippen molar-refractivity contribution in [3.8, 4) is 10.4 Å². The third kappa shape index (κ3) is 2.58. The zero-order chi connectivity index (χ0) is 13.3. The van der Waals surface area contributed by atoms with E-state index in [0.29, 0.717) is 10.7 Å². The largest absolute Gasteiger partial charge is 0.464 e. The number of ether oxygens (including phenoxy) is 1. The van der Waals surface area contributed by atoms with Crippen molar-refractivity contribution in [3.05, 3.63) is 38.4 Å². The molecule has 3 nitrogen and oxygen atoms in total. The number of aryl methyl sites for hydroxylation is 1. The van der Waals surface area contributed by atoms with E-state index in [2.05, 4.69) is 20.9 Å². The minimum Gasteiger partial charge on any atom is -0.464 e. The van der Waals surface area contributed by atoms with Crippen LogP contribution in [0.5, 0.6) is 0 Å². The van der Waals surface area contributed by atoms with E-state index in [1.54, 1.807) is 6.07 Å². The van der Waals surface area contributed by atoms with Gasteiger partial charge < -0.3 is 4.74 Å². The molecule has 0 aliphatic carbocycles. The molecule has 0 atom stereocenters. The lowest BCUT2D eigenvalue weighted by molar-refractivity contribution is 0.0595. The maximum atomic E-state index is 11.7. The summed E-state index contributed by atoms with van der Waals surface area (Å²) in [6, 6.07) is 5.48. The van der Waals surface area contributed by atoms with Crippen molar-refractivity contribution in [2.75, 3.05) is 7.11 Å². The second-order valence-electron chi connectivity index (χ2n) is 3.53. The van der Waals surface area contributed by atoms with E-state index in [0.717, 1.165) is 19.9 Å². The molecular weight excluding hydrogens is 338 g/mol. The van der Waals surface area contributed by atoms with Crippen LogP contribution in [0, 0.1) is 6.92 Å². The first kappa shape index (κ1) is 13.5. The third-order valence-corrected chi connectivity index (χ3v) is 4.11. The quantitative estimate of drug-likeness (QED) is 0.760. The van der Waals surface area contributed by atoms with E-state index < -0.39 is 5.97 Å². The number of thiazole rings is 1. The Morgan fingerprint density at radius 3 is 2.89 bits per heavy atom. The van der Waals surface area contributed by atoms with Crippen LogP contribution in [0.2, 0.25) is 5.02 Å². The highest BCUT2D eigenvalue weighted by atomic mass is 79.9. The van der Waals surface area contributed by atoms with Gasteiger partial charge in [-0.05, 0) is 25.1 Å². The fourth-order valence-corrected chi connectivity index (χ4v) is 3.08. The predicted octanol–water partition coefficient (Wildman–Crippen LogP) is 4.32. The van der Waals surface area contributed by atoms with Crippen molar-refractivity contribution >= 4 is 44.8 Å². The molecule has 2 aromatic rings. The molecule has 94 valence electrons. The predicted molar refractivity (Wildman–Crippen MR) is 76.3 cm³/mol. The Balaban J connectivity index is 2.63. The molecule has 6 heteroatoms. The first-order valence-electron chi connectivity index (χ1n) is 5.04. The van der Waals surface area contributed by atoms with Crippen LogP contribution < -0.4 is 0 Å². The highest BCUT2D eigenvalue weighted by Crippen LogP contribution is 2.36. The van der Waals surface area contributed by atoms with Gasteiger partial charge in [-0.2, -0.15) is 0 Å². The molecule has 0 N–H and O–H groups in total. The van der Waals surface area contributed by atoms with E-state index in [-0.39, 0.29) is 0 Å². The second-order valence-corrected chi connectivity index (χ2v) is 6.05. The topological polar surface area (TPSA) is 39.2 Å². The number of nitrogens with zero attached hydrogens (tertiary/aromatic N) is 1. The van der Waals surface area contributed by atoms with Crippen molar-refractivity contribution in [3.63, 3.8) is 0 Å². The molecule has 2 rings (SSSR count). The van der Waals surface area contributed by atoms with Gasteiger partial charge in [-0.15, -0.1) is 11.3 Å². The lowest BCUT2D eigenvalue weighted by Crippen LogP contribution is -2.03. The zero-order valence-electron chi connectivity index (χ0n) is 9.66. The van der Waals surface area contributed by atoms with Gasteiger partial charge in [0.25, 0.3) is 0 Å². The molecule has 0 saturated heterocycles. The molecule has 0 aliphatic rings. The van der Waals surface area contributed by atoms with Crippen molar-refractivity contribution in [1.82, 2.24) is 4.98 Å². The Kier molecular flexibility index (Phi) is 4.04. The van der Waals surface area contributed by atoms with Gasteiger partial charge in [0.15, 0.2) is 5.69 Å². The van der Waals surface area contributed by atoms with E-state index in [1.807, 2.05) is 19.1 Å². The average Bonchev–Trinajstić information content (AvgIpc) is 2.73. The van der Waals surface area contributed by atoms with Crippen LogP contribution in [0.4, 0.5) is 0 Å². The Bertz CT molecular complexity index is 612. The highest BCUT2D eigenvalue weighted by molar-refractivity contribution is 9.10. The van der Waals surface area contributed by atoms with Gasteiger partial charge in [0.1, 0.15) is 0 Å². The van der Waals surface area contributed by atoms with Crippen LogP contribution in [0.1, 0.15) is 15.5 Å². The monoisotopic (exact) mass is 345 g/mol. The fraction of sp³-hybridized carbons (Fsp3) is 0.167. The summed E-state index contributed by atoms with van der Waals surface area (Å²) in [6.45, 7) is 1.84. The van der Waals surface area contributed by atoms with E-state index in [1.165, 1.54) is 18.4 Å². The Hall–Kier alpha value is -0.910. The standard InChI is InChI=1S/C12H9BrClNO2S/c1-6-15-10(12(16)17-2)11(18-6)8-5-7(13)3-4-9(8)14/h3-5H,1-2H3. The molecule has 0 fully saturated rings. The first-order valence-corrected chi connectivity index (χ1v) is 7.03. The van der Waals surface area contributed by atoms with Crippen LogP contribution >= 0.6 is 38.9 Å². The van der Waals surface area contributed by atoms with Gasteiger partial charge in [0, 0.05) is 15.1 Å². The molecule has 0 saturated carbocycles. The number of carbonyl (C=O) groups excluding carboxylic acids is 1. The summed E-state index contributed by atoms with van der Waals surface area (Å²) in [5.41, 5.74) is 1.08. The molecule has 0 aliphatic heterocycles. The summed E-state index contributed by atoms with van der Waals surface area (Å²) in [7, 11) is 1.34. The smallest absolute Gasteiger partial charge is 0.358 e. The molecule has 0 unspecified atom stereocenters. The summed E-state index contributed by atoms with van der Waals surface area (Å²) in [6.07, 6.45) is 0. The molecule has 0 bridgehead atoms. The van der Waals surface area contributed by atoms with E-state index >= 15 is 0 Å². The van der Waals surface area contributed by atoms with Gasteiger partial charge >= 0.3 is 5.97 Å². The fourth-order valence-electron chi connectivity index (χ4n) is 1.52. The van der Waals surface area contributed by atoms with Crippen molar-refractivity contribution in [2.24, 2.45) is 0 Å². The van der Waals surface area contributed by atoms with Crippen LogP contribution in [-0.2, 0) is 4.74 Å². The number of benzene rings is 1. The first-order chi connectivity index (χ1) is 8.52. The second kappa shape index (κ2) is 5.38. The van der Waals surface area contributed by atoms with Gasteiger partial charge in [0.05, 0.1) is 17.0 Å². The Morgan fingerprint density at radius 2 is 2.22 bits per heavy atom. The van der Waals surface area contributed by atoms with Crippen LogP contribution in [0.3, 0.4) is 0 Å². The molecule has 1 aromatic carbocycles. The number of methoxy groups -OCH3 is 1. The maximum absolute atomic E-state index is 11.7. The van der Waals surface area contributed by atoms with Gasteiger partial charge in [-0.25, -0.2) is 9.78 Å².